The Morgan fingerprint density at radius 1 is 1.06 bits per heavy atom. The van der Waals surface area contributed by atoms with Crippen LogP contribution in [-0.4, -0.2) is 72.5 Å². The smallest absolute Gasteiger partial charge is 0.266 e. The van der Waals surface area contributed by atoms with Gasteiger partial charge in [0.1, 0.15) is 14.8 Å². The number of sulfonamides is 1. The molecular weight excluding hydrogens is 436 g/mol. The normalized spacial score (nSPS) is 18.9. The Balaban J connectivity index is 1.66. The Kier molecular flexibility index (Phi) is 6.52. The number of nitrogens with zero attached hydrogens (tertiary/aromatic N) is 4. The highest BCUT2D eigenvalue weighted by atomic mass is 32.2. The average molecular weight is 467 g/mol. The third kappa shape index (κ3) is 4.30. The topological polar surface area (TPSA) is 84.7 Å². The van der Waals surface area contributed by atoms with Gasteiger partial charge in [-0.1, -0.05) is 12.8 Å². The van der Waals surface area contributed by atoms with E-state index in [4.69, 9.17) is 4.74 Å². The predicted octanol–water partition coefficient (Wildman–Crippen LogP) is 2.80. The van der Waals surface area contributed by atoms with E-state index in [-0.39, 0.29) is 5.91 Å². The number of aryl methyl sites for hydroxylation is 1. The highest BCUT2D eigenvalue weighted by Gasteiger charge is 2.31. The van der Waals surface area contributed by atoms with Crippen LogP contribution in [-0.2, 0) is 21.8 Å². The lowest BCUT2D eigenvalue weighted by Gasteiger charge is -2.26. The van der Waals surface area contributed by atoms with Crippen molar-refractivity contribution in [1.29, 1.82) is 0 Å². The quantitative estimate of drug-likeness (QED) is 0.692. The number of amides is 1. The minimum Gasteiger partial charge on any atom is -0.378 e. The molecule has 2 aliphatic rings. The van der Waals surface area contributed by atoms with Crippen LogP contribution in [0.25, 0.3) is 10.7 Å². The average Bonchev–Trinajstić information content (AvgIpc) is 3.14. The van der Waals surface area contributed by atoms with Crippen LogP contribution < -0.4 is 0 Å². The first kappa shape index (κ1) is 22.4. The summed E-state index contributed by atoms with van der Waals surface area (Å²) in [4.78, 5) is 20.3. The van der Waals surface area contributed by atoms with E-state index in [1.165, 1.54) is 11.3 Å². The molecule has 0 spiro atoms. The summed E-state index contributed by atoms with van der Waals surface area (Å²) in [6.45, 7) is 7.05. The van der Waals surface area contributed by atoms with Crippen molar-refractivity contribution in [3.8, 4) is 10.7 Å². The van der Waals surface area contributed by atoms with Gasteiger partial charge >= 0.3 is 0 Å². The van der Waals surface area contributed by atoms with Gasteiger partial charge in [-0.15, -0.1) is 11.3 Å². The zero-order valence-corrected chi connectivity index (χ0v) is 20.0. The van der Waals surface area contributed by atoms with E-state index < -0.39 is 10.0 Å². The first-order valence-electron chi connectivity index (χ1n) is 10.8. The third-order valence-electron chi connectivity index (χ3n) is 6.18. The third-order valence-corrected chi connectivity index (χ3v) is 9.36. The van der Waals surface area contributed by atoms with Gasteiger partial charge in [0.25, 0.3) is 5.91 Å². The number of carbonyl (C=O) groups is 1. The van der Waals surface area contributed by atoms with Gasteiger partial charge in [-0.2, -0.15) is 4.31 Å². The van der Waals surface area contributed by atoms with Gasteiger partial charge in [-0.3, -0.25) is 4.79 Å². The highest BCUT2D eigenvalue weighted by Crippen LogP contribution is 2.34. The second-order valence-electron chi connectivity index (χ2n) is 8.19. The summed E-state index contributed by atoms with van der Waals surface area (Å²) in [6, 6.07) is 1.72. The maximum absolute atomic E-state index is 13.4. The van der Waals surface area contributed by atoms with Gasteiger partial charge in [0.2, 0.25) is 10.0 Å². The van der Waals surface area contributed by atoms with Crippen LogP contribution in [0.4, 0.5) is 0 Å². The molecule has 0 N–H and O–H groups in total. The molecule has 0 unspecified atom stereocenters. The summed E-state index contributed by atoms with van der Waals surface area (Å²) < 4.78 is 35.6. The number of hydrogen-bond donors (Lipinski definition) is 0. The van der Waals surface area contributed by atoms with E-state index >= 15 is 0 Å². The Labute approximate surface area is 187 Å². The van der Waals surface area contributed by atoms with Crippen molar-refractivity contribution in [2.24, 2.45) is 7.05 Å². The summed E-state index contributed by atoms with van der Waals surface area (Å²) in [7, 11) is -1.71. The van der Waals surface area contributed by atoms with Crippen molar-refractivity contribution >= 4 is 27.3 Å². The zero-order chi connectivity index (χ0) is 22.2. The molecule has 8 nitrogen and oxygen atoms in total. The summed E-state index contributed by atoms with van der Waals surface area (Å²) in [5, 5.41) is 0.664. The highest BCUT2D eigenvalue weighted by molar-refractivity contribution is 7.89. The number of morpholine rings is 1. The Morgan fingerprint density at radius 2 is 1.71 bits per heavy atom. The molecule has 170 valence electrons. The van der Waals surface area contributed by atoms with Crippen LogP contribution >= 0.6 is 11.3 Å². The van der Waals surface area contributed by atoms with Crippen LogP contribution in [0.15, 0.2) is 11.0 Å². The lowest BCUT2D eigenvalue weighted by molar-refractivity contribution is 0.0305. The van der Waals surface area contributed by atoms with Gasteiger partial charge in [0.05, 0.1) is 24.6 Å². The van der Waals surface area contributed by atoms with Gasteiger partial charge in [-0.05, 0) is 32.8 Å². The van der Waals surface area contributed by atoms with Crippen molar-refractivity contribution in [3.05, 3.63) is 22.3 Å². The molecule has 0 aromatic carbocycles. The number of rotatable bonds is 4. The number of aromatic nitrogens is 2. The van der Waals surface area contributed by atoms with E-state index in [1.807, 2.05) is 25.5 Å². The number of carbonyl (C=O) groups excluding carboxylic acids is 1. The molecule has 0 atom stereocenters. The molecule has 0 saturated carbocycles. The number of ether oxygens (including phenoxy) is 1. The molecule has 31 heavy (non-hydrogen) atoms. The van der Waals surface area contributed by atoms with Crippen LogP contribution in [0.3, 0.4) is 0 Å². The Morgan fingerprint density at radius 3 is 2.35 bits per heavy atom. The molecule has 0 radical (unpaired) electrons. The largest absolute Gasteiger partial charge is 0.378 e. The predicted molar refractivity (Wildman–Crippen MR) is 120 cm³/mol. The van der Waals surface area contributed by atoms with Gasteiger partial charge in [-0.25, -0.2) is 13.4 Å². The van der Waals surface area contributed by atoms with Crippen molar-refractivity contribution in [2.45, 2.75) is 44.4 Å². The molecule has 4 heterocycles. The molecule has 0 bridgehead atoms. The monoisotopic (exact) mass is 466 g/mol. The van der Waals surface area contributed by atoms with E-state index in [2.05, 4.69) is 4.98 Å². The van der Waals surface area contributed by atoms with Crippen LogP contribution in [0.1, 0.15) is 46.7 Å². The van der Waals surface area contributed by atoms with Gasteiger partial charge in [0.15, 0.2) is 0 Å². The first-order chi connectivity index (χ1) is 14.8. The Bertz CT molecular complexity index is 1060. The zero-order valence-electron chi connectivity index (χ0n) is 18.4. The lowest BCUT2D eigenvalue weighted by Crippen LogP contribution is -2.40. The lowest BCUT2D eigenvalue weighted by atomic mass is 10.2. The second kappa shape index (κ2) is 9.01. The van der Waals surface area contributed by atoms with E-state index in [0.29, 0.717) is 65.6 Å². The van der Waals surface area contributed by atoms with E-state index in [0.717, 1.165) is 31.4 Å². The first-order valence-corrected chi connectivity index (χ1v) is 13.1. The molecule has 2 fully saturated rings. The van der Waals surface area contributed by atoms with Crippen molar-refractivity contribution in [1.82, 2.24) is 18.8 Å². The summed E-state index contributed by atoms with van der Waals surface area (Å²) >= 11 is 1.33. The summed E-state index contributed by atoms with van der Waals surface area (Å²) in [5.74, 6) is -0.0344. The molecule has 2 aliphatic heterocycles. The van der Waals surface area contributed by atoms with Gasteiger partial charge in [0, 0.05) is 38.9 Å². The minimum atomic E-state index is -3.56. The molecular formula is C21H30N4O4S2. The van der Waals surface area contributed by atoms with E-state index in [9.17, 15) is 13.2 Å². The molecule has 2 aromatic heterocycles. The van der Waals surface area contributed by atoms with Crippen molar-refractivity contribution in [3.63, 3.8) is 0 Å². The standard InChI is InChI=1S/C21H30N4O4S2/c1-15-19(21(26)24-10-12-29-13-11-24)30-20(22-15)17-14-18(16(2)23(17)3)31(27,28)25-8-6-4-5-7-9-25/h14H,4-13H2,1-3H3. The summed E-state index contributed by atoms with van der Waals surface area (Å²) in [6.07, 6.45) is 3.94. The maximum atomic E-state index is 13.4. The summed E-state index contributed by atoms with van der Waals surface area (Å²) in [5.41, 5.74) is 2.08. The Hall–Kier alpha value is -1.75. The van der Waals surface area contributed by atoms with Crippen molar-refractivity contribution in [2.75, 3.05) is 39.4 Å². The van der Waals surface area contributed by atoms with Crippen LogP contribution in [0.2, 0.25) is 0 Å². The fourth-order valence-corrected chi connectivity index (χ4v) is 7.05. The molecule has 2 saturated heterocycles. The number of thiazole rings is 1. The fraction of sp³-hybridized carbons (Fsp3) is 0.619. The van der Waals surface area contributed by atoms with E-state index in [1.54, 1.807) is 15.3 Å². The molecule has 0 aliphatic carbocycles. The number of hydrogen-bond acceptors (Lipinski definition) is 6. The van der Waals surface area contributed by atoms with Gasteiger partial charge < -0.3 is 14.2 Å². The van der Waals surface area contributed by atoms with Crippen LogP contribution in [0.5, 0.6) is 0 Å². The maximum Gasteiger partial charge on any atom is 0.266 e. The molecule has 10 heteroatoms. The molecule has 2 aromatic rings. The van der Waals surface area contributed by atoms with Crippen LogP contribution in [0, 0.1) is 13.8 Å². The SMILES string of the molecule is Cc1nc(-c2cc(S(=O)(=O)N3CCCCCC3)c(C)n2C)sc1C(=O)N1CCOCC1. The fourth-order valence-electron chi connectivity index (χ4n) is 4.17. The second-order valence-corrected chi connectivity index (χ2v) is 11.1. The molecule has 4 rings (SSSR count). The molecule has 1 amide bonds. The minimum absolute atomic E-state index is 0.0344. The van der Waals surface area contributed by atoms with Crippen molar-refractivity contribution < 1.29 is 17.9 Å².